The van der Waals surface area contributed by atoms with Crippen LogP contribution in [0.1, 0.15) is 26.7 Å². The van der Waals surface area contributed by atoms with E-state index in [0.717, 1.165) is 0 Å². The van der Waals surface area contributed by atoms with E-state index >= 15 is 0 Å². The lowest BCUT2D eigenvalue weighted by Crippen LogP contribution is -2.37. The largest absolute Gasteiger partial charge is 0.363 e. The van der Waals surface area contributed by atoms with E-state index in [9.17, 15) is 19.7 Å². The molecule has 0 N–H and O–H groups in total. The Bertz CT molecular complexity index is 711. The average Bonchev–Trinajstić information content (AvgIpc) is 2.99. The van der Waals surface area contributed by atoms with Gasteiger partial charge in [-0.15, -0.1) is 0 Å². The van der Waals surface area contributed by atoms with Gasteiger partial charge in [0.15, 0.2) is 0 Å². The van der Waals surface area contributed by atoms with E-state index in [1.54, 1.807) is 0 Å². The summed E-state index contributed by atoms with van der Waals surface area (Å²) in [4.78, 5) is 36.8. The Kier molecular flexibility index (Phi) is 2.60. The predicted molar refractivity (Wildman–Crippen MR) is 79.7 cm³/mol. The number of hydrogen-bond donors (Lipinski definition) is 0. The molecule has 4 rings (SSSR count). The van der Waals surface area contributed by atoms with Crippen molar-refractivity contribution in [2.45, 2.75) is 37.9 Å². The number of hydrogen-bond acceptors (Lipinski definition) is 5. The van der Waals surface area contributed by atoms with Crippen LogP contribution < -0.4 is 4.90 Å². The molecular formula is C16H16N2O5. The molecule has 0 spiro atoms. The third-order valence-corrected chi connectivity index (χ3v) is 5.63. The fourth-order valence-electron chi connectivity index (χ4n) is 4.05. The first-order valence-electron chi connectivity index (χ1n) is 7.58. The van der Waals surface area contributed by atoms with Gasteiger partial charge >= 0.3 is 0 Å². The zero-order valence-electron chi connectivity index (χ0n) is 12.8. The number of nitro groups is 1. The lowest BCUT2D eigenvalue weighted by atomic mass is 9.70. The molecule has 1 aliphatic carbocycles. The molecule has 23 heavy (non-hydrogen) atoms. The second-order valence-corrected chi connectivity index (χ2v) is 6.97. The van der Waals surface area contributed by atoms with Crippen LogP contribution >= 0.6 is 0 Å². The molecule has 2 amide bonds. The molecule has 3 aliphatic rings. The highest BCUT2D eigenvalue weighted by atomic mass is 16.6. The van der Waals surface area contributed by atoms with Gasteiger partial charge in [0, 0.05) is 12.1 Å². The van der Waals surface area contributed by atoms with Gasteiger partial charge in [-0.25, -0.2) is 0 Å². The fourth-order valence-corrected chi connectivity index (χ4v) is 4.05. The summed E-state index contributed by atoms with van der Waals surface area (Å²) in [5, 5.41) is 10.7. The molecule has 1 aromatic carbocycles. The predicted octanol–water partition coefficient (Wildman–Crippen LogP) is 2.04. The summed E-state index contributed by atoms with van der Waals surface area (Å²) < 4.78 is 5.77. The number of ether oxygens (including phenoxy) is 1. The molecule has 1 aromatic rings. The number of carbonyl (C=O) groups excluding carboxylic acids is 2. The van der Waals surface area contributed by atoms with Crippen molar-refractivity contribution in [3.8, 4) is 0 Å². The number of epoxide rings is 1. The molecule has 0 aromatic heterocycles. The molecule has 4 atom stereocenters. The van der Waals surface area contributed by atoms with E-state index in [1.165, 1.54) is 29.2 Å². The molecule has 2 heterocycles. The second kappa shape index (κ2) is 4.17. The Balaban J connectivity index is 1.65. The number of non-ortho nitro benzene ring substituents is 1. The summed E-state index contributed by atoms with van der Waals surface area (Å²) in [6.07, 6.45) is 1.09. The van der Waals surface area contributed by atoms with E-state index in [4.69, 9.17) is 4.74 Å². The van der Waals surface area contributed by atoms with E-state index in [-0.39, 0.29) is 40.5 Å². The van der Waals surface area contributed by atoms with Crippen LogP contribution in [-0.2, 0) is 14.3 Å². The van der Waals surface area contributed by atoms with Gasteiger partial charge in [0.1, 0.15) is 0 Å². The SMILES string of the molecule is C[C@@]12C[C@H]3C(=O)N(c4ccc([N+](=O)[O-])cc4)C(=O)[C@H]3C[C@]1(C)O2. The second-order valence-electron chi connectivity index (χ2n) is 6.97. The maximum absolute atomic E-state index is 12.7. The molecule has 7 heteroatoms. The first-order valence-corrected chi connectivity index (χ1v) is 7.58. The van der Waals surface area contributed by atoms with E-state index in [1.807, 2.05) is 13.8 Å². The molecule has 0 unspecified atom stereocenters. The molecule has 120 valence electrons. The highest BCUT2D eigenvalue weighted by Gasteiger charge is 2.71. The Morgan fingerprint density at radius 2 is 1.57 bits per heavy atom. The van der Waals surface area contributed by atoms with E-state index < -0.39 is 4.92 Å². The standard InChI is InChI=1S/C16H16N2O5/c1-15-7-11-12(8-16(15,2)23-15)14(20)17(13(11)19)9-3-5-10(6-4-9)18(21)22/h3-6,11-12H,7-8H2,1-2H3/t11-,12+,15-,16+. The molecule has 1 saturated carbocycles. The van der Waals surface area contributed by atoms with Crippen molar-refractivity contribution < 1.29 is 19.2 Å². The van der Waals surface area contributed by atoms with E-state index in [0.29, 0.717) is 18.5 Å². The normalized spacial score (nSPS) is 38.3. The molecule has 3 fully saturated rings. The van der Waals surface area contributed by atoms with Crippen LogP contribution in [0, 0.1) is 22.0 Å². The third kappa shape index (κ3) is 1.80. The van der Waals surface area contributed by atoms with Crippen LogP contribution in [0.4, 0.5) is 11.4 Å². The van der Waals surface area contributed by atoms with Crippen molar-refractivity contribution >= 4 is 23.2 Å². The number of nitro benzene ring substituents is 1. The first-order chi connectivity index (χ1) is 10.8. The number of carbonyl (C=O) groups is 2. The number of anilines is 1. The zero-order valence-corrected chi connectivity index (χ0v) is 12.8. The van der Waals surface area contributed by atoms with Gasteiger partial charge in [0.05, 0.1) is 33.6 Å². The van der Waals surface area contributed by atoms with Crippen LogP contribution in [0.15, 0.2) is 24.3 Å². The highest BCUT2D eigenvalue weighted by Crippen LogP contribution is 2.61. The van der Waals surface area contributed by atoms with Crippen molar-refractivity contribution in [1.29, 1.82) is 0 Å². The topological polar surface area (TPSA) is 93.1 Å². The van der Waals surface area contributed by atoms with Crippen LogP contribution in [0.3, 0.4) is 0 Å². The number of fused-ring (bicyclic) bond motifs is 2. The fraction of sp³-hybridized carbons (Fsp3) is 0.500. The Labute approximate surface area is 132 Å². The summed E-state index contributed by atoms with van der Waals surface area (Å²) >= 11 is 0. The van der Waals surface area contributed by atoms with Crippen LogP contribution in [0.5, 0.6) is 0 Å². The van der Waals surface area contributed by atoms with Crippen LogP contribution in [0.2, 0.25) is 0 Å². The van der Waals surface area contributed by atoms with Gasteiger partial charge in [0.25, 0.3) is 5.69 Å². The van der Waals surface area contributed by atoms with E-state index in [2.05, 4.69) is 0 Å². The van der Waals surface area contributed by atoms with Crippen LogP contribution in [-0.4, -0.2) is 27.9 Å². The van der Waals surface area contributed by atoms with Gasteiger partial charge < -0.3 is 4.74 Å². The molecule has 0 bridgehead atoms. The van der Waals surface area contributed by atoms with Gasteiger partial charge in [-0.1, -0.05) is 0 Å². The number of rotatable bonds is 2. The van der Waals surface area contributed by atoms with Crippen molar-refractivity contribution in [2.24, 2.45) is 11.8 Å². The van der Waals surface area contributed by atoms with Crippen LogP contribution in [0.25, 0.3) is 0 Å². The number of benzene rings is 1. The van der Waals surface area contributed by atoms with Crippen molar-refractivity contribution in [3.63, 3.8) is 0 Å². The first kappa shape index (κ1) is 14.3. The Morgan fingerprint density at radius 3 is 2.00 bits per heavy atom. The molecule has 7 nitrogen and oxygen atoms in total. The average molecular weight is 316 g/mol. The quantitative estimate of drug-likeness (QED) is 0.360. The maximum atomic E-state index is 12.7. The Hall–Kier alpha value is -2.28. The summed E-state index contributed by atoms with van der Waals surface area (Å²) in [6.45, 7) is 3.96. The number of nitrogens with zero attached hydrogens (tertiary/aromatic N) is 2. The number of amides is 2. The van der Waals surface area contributed by atoms with Gasteiger partial charge in [-0.3, -0.25) is 24.6 Å². The minimum Gasteiger partial charge on any atom is -0.363 e. The van der Waals surface area contributed by atoms with Gasteiger partial charge in [-0.2, -0.15) is 0 Å². The summed E-state index contributed by atoms with van der Waals surface area (Å²) in [6, 6.07) is 5.51. The van der Waals surface area contributed by atoms with Crippen molar-refractivity contribution in [1.82, 2.24) is 0 Å². The molecule has 0 radical (unpaired) electrons. The number of imide groups is 1. The zero-order chi connectivity index (χ0) is 16.6. The minimum atomic E-state index is -0.510. The molecule has 2 aliphatic heterocycles. The van der Waals surface area contributed by atoms with Crippen molar-refractivity contribution in [3.05, 3.63) is 34.4 Å². The smallest absolute Gasteiger partial charge is 0.269 e. The van der Waals surface area contributed by atoms with Gasteiger partial charge in [-0.05, 0) is 38.8 Å². The monoisotopic (exact) mass is 316 g/mol. The third-order valence-electron chi connectivity index (χ3n) is 5.63. The molecule has 2 saturated heterocycles. The summed E-state index contributed by atoms with van der Waals surface area (Å²) in [5.74, 6) is -1.18. The lowest BCUT2D eigenvalue weighted by molar-refractivity contribution is -0.384. The highest BCUT2D eigenvalue weighted by molar-refractivity contribution is 6.22. The maximum Gasteiger partial charge on any atom is 0.269 e. The Morgan fingerprint density at radius 1 is 1.09 bits per heavy atom. The van der Waals surface area contributed by atoms with Gasteiger partial charge in [0.2, 0.25) is 11.8 Å². The summed E-state index contributed by atoms with van der Waals surface area (Å²) in [5.41, 5.74) is -0.324. The molecular weight excluding hydrogens is 300 g/mol. The minimum absolute atomic E-state index is 0.0695. The lowest BCUT2D eigenvalue weighted by Gasteiger charge is -2.26. The van der Waals surface area contributed by atoms with Crippen molar-refractivity contribution in [2.75, 3.05) is 4.90 Å². The summed E-state index contributed by atoms with van der Waals surface area (Å²) in [7, 11) is 0.